The molecule has 0 aliphatic heterocycles. The molecule has 568 valence electrons. The third kappa shape index (κ3) is 10.7. The minimum absolute atomic E-state index is 0.352. The Hall–Kier alpha value is -15.5. The molecule has 0 unspecified atom stereocenters. The van der Waals surface area contributed by atoms with Gasteiger partial charge in [-0.1, -0.05) is 359 Å². The molecule has 0 atom stereocenters. The van der Waals surface area contributed by atoms with Crippen LogP contribution in [0.4, 0.5) is 14.5 Å². The van der Waals surface area contributed by atoms with E-state index in [1.807, 2.05) is 78.9 Å². The summed E-state index contributed by atoms with van der Waals surface area (Å²) in [5, 5.41) is 34.5. The summed E-state index contributed by atoms with van der Waals surface area (Å²) in [5.74, 6) is -1.02. The van der Waals surface area contributed by atoms with Crippen LogP contribution in [0.1, 0.15) is 49.1 Å². The highest BCUT2D eigenvalue weighted by atomic mass is 19.2. The van der Waals surface area contributed by atoms with Crippen LogP contribution in [-0.4, -0.2) is 0 Å². The van der Waals surface area contributed by atoms with Gasteiger partial charge in [0.1, 0.15) is 0 Å². The average Bonchev–Trinajstić information content (AvgIpc) is 1.55. The maximum absolute atomic E-state index is 16.1. The summed E-state index contributed by atoms with van der Waals surface area (Å²) in [6.07, 6.45) is 6.25. The lowest BCUT2D eigenvalue weighted by molar-refractivity contribution is 0.445. The number of nitriles is 1. The SMILES string of the molecule is Fc1c(F)c(-c2ccccc2)c2c(c1-c1ccccc1)-c1cccc3c(C4CCCCC4)ccc-2c13.N#Cc1cccc(-c2ccc3c4c(cccc24)-c2cc4c5ccccc5c5ccccc5c4cc2-3)c1.[C-]#[N+]c1cc(-c2ccc3ccc4cccc5ccc2c3c45)c2cccc3c2c1-c1c(-c2cccc4ccccc24)ccc(-c2ccccc2)c1-3. The van der Waals surface area contributed by atoms with Crippen molar-refractivity contribution in [2.24, 2.45) is 0 Å². The predicted octanol–water partition coefficient (Wildman–Crippen LogP) is 33.7. The van der Waals surface area contributed by atoms with Crippen molar-refractivity contribution in [2.75, 3.05) is 0 Å². The number of fused-ring (bicyclic) bond motifs is 16. The van der Waals surface area contributed by atoms with Gasteiger partial charge in [0, 0.05) is 22.3 Å². The van der Waals surface area contributed by atoms with E-state index in [4.69, 9.17) is 6.57 Å². The van der Waals surface area contributed by atoms with Crippen LogP contribution in [0.3, 0.4) is 0 Å². The standard InChI is InChI=1S/C49H27N.C35H19N.C34H26F2/c1-50-43-28-42(37-24-22-33-21-20-31-14-7-15-32-23-25-39(37)45(33)44(31)32)38-18-9-19-41-46-35(30-10-3-2-4-11-30)26-27-40(48(46)49(43)47(38)41)36-17-8-13-29-12-5-6-16-34(29)36;36-20-21-7-5-8-22(17-21)23-15-16-30-34-19-32-27-12-4-2-10-25(27)24-9-1-3-11-26(24)31(32)18-33(34)29-14-6-13-28(23)35(29)30;35-33-28(22-13-6-2-7-14-22)31-26-18-10-17-25-24(21-11-4-1-5-12-21)19-20-27(30(25)26)32(31)29(34(33)36)23-15-8-3-9-16-23/h2-28H;1-19H;2-3,6-10,13-21H,1,4-5,11-12H2. The molecular weight excluding hydrogens is 1480 g/mol. The largest absolute Gasteiger partial charge is 0.237 e. The van der Waals surface area contributed by atoms with Crippen LogP contribution in [0.5, 0.6) is 0 Å². The molecule has 0 heterocycles. The Kier molecular flexibility index (Phi) is 16.3. The average molecular weight is 1560 g/mol. The van der Waals surface area contributed by atoms with E-state index >= 15 is 8.78 Å². The van der Waals surface area contributed by atoms with E-state index in [-0.39, 0.29) is 0 Å². The molecule has 2 nitrogen and oxygen atoms in total. The molecule has 1 saturated carbocycles. The van der Waals surface area contributed by atoms with Gasteiger partial charge in [-0.05, 0) is 274 Å². The Morgan fingerprint density at radius 2 is 0.672 bits per heavy atom. The molecule has 0 N–H and O–H groups in total. The summed E-state index contributed by atoms with van der Waals surface area (Å²) in [4.78, 5) is 4.32. The van der Waals surface area contributed by atoms with E-state index in [1.54, 1.807) is 0 Å². The predicted molar refractivity (Wildman–Crippen MR) is 508 cm³/mol. The summed E-state index contributed by atoms with van der Waals surface area (Å²) in [6.45, 7) is 8.67. The monoisotopic (exact) mass is 1550 g/mol. The first kappa shape index (κ1) is 70.7. The van der Waals surface area contributed by atoms with Crippen molar-refractivity contribution in [3.05, 3.63) is 404 Å². The Morgan fingerprint density at radius 3 is 1.33 bits per heavy atom. The highest BCUT2D eigenvalue weighted by Crippen LogP contribution is 2.62. The number of hydrogen-bond acceptors (Lipinski definition) is 1. The topological polar surface area (TPSA) is 28.1 Å². The fourth-order valence-electron chi connectivity index (χ4n) is 21.7. The number of hydrogen-bond donors (Lipinski definition) is 0. The zero-order chi connectivity index (χ0) is 81.0. The molecule has 0 bridgehead atoms. The molecule has 0 aromatic heterocycles. The van der Waals surface area contributed by atoms with Crippen LogP contribution in [0.15, 0.2) is 370 Å². The molecule has 26 rings (SSSR count). The van der Waals surface area contributed by atoms with Crippen molar-refractivity contribution in [3.63, 3.8) is 0 Å². The van der Waals surface area contributed by atoms with Crippen molar-refractivity contribution in [1.29, 1.82) is 5.26 Å². The lowest BCUT2D eigenvalue weighted by Gasteiger charge is -2.24. The molecule has 0 saturated heterocycles. The van der Waals surface area contributed by atoms with Crippen LogP contribution >= 0.6 is 0 Å². The zero-order valence-corrected chi connectivity index (χ0v) is 66.5. The molecule has 1 fully saturated rings. The van der Waals surface area contributed by atoms with Crippen molar-refractivity contribution in [1.82, 2.24) is 0 Å². The van der Waals surface area contributed by atoms with E-state index in [9.17, 15) is 5.26 Å². The van der Waals surface area contributed by atoms with Crippen LogP contribution in [0.25, 0.3) is 246 Å². The molecule has 4 heteroatoms. The van der Waals surface area contributed by atoms with E-state index in [2.05, 4.69) is 302 Å². The van der Waals surface area contributed by atoms with Crippen molar-refractivity contribution in [3.8, 4) is 140 Å². The maximum Gasteiger partial charge on any atom is 0.196 e. The van der Waals surface area contributed by atoms with Gasteiger partial charge in [0.25, 0.3) is 0 Å². The lowest BCUT2D eigenvalue weighted by atomic mass is 9.81. The third-order valence-corrected chi connectivity index (χ3v) is 26.9. The van der Waals surface area contributed by atoms with Crippen LogP contribution in [0.2, 0.25) is 0 Å². The molecular formula is C118H72F2N2. The fourth-order valence-corrected chi connectivity index (χ4v) is 21.7. The van der Waals surface area contributed by atoms with Crippen LogP contribution < -0.4 is 0 Å². The summed E-state index contributed by atoms with van der Waals surface area (Å²) in [5.41, 5.74) is 27.5. The van der Waals surface area contributed by atoms with E-state index < -0.39 is 11.6 Å². The first-order valence-electron chi connectivity index (χ1n) is 42.4. The van der Waals surface area contributed by atoms with Crippen molar-refractivity contribution in [2.45, 2.75) is 38.0 Å². The van der Waals surface area contributed by atoms with Gasteiger partial charge in [-0.3, -0.25) is 0 Å². The Bertz CT molecular complexity index is 8140. The summed E-state index contributed by atoms with van der Waals surface area (Å²) >= 11 is 0. The number of benzene rings is 22. The second kappa shape index (κ2) is 28.1. The van der Waals surface area contributed by atoms with Gasteiger partial charge in [-0.25, -0.2) is 13.6 Å². The van der Waals surface area contributed by atoms with Gasteiger partial charge in [0.05, 0.1) is 18.2 Å². The quantitative estimate of drug-likeness (QED) is 0.115. The van der Waals surface area contributed by atoms with Crippen LogP contribution in [0, 0.1) is 29.5 Å². The number of halogens is 2. The molecule has 0 spiro atoms. The fraction of sp³-hybridized carbons (Fsp3) is 0.0508. The smallest absolute Gasteiger partial charge is 0.196 e. The second-order valence-electron chi connectivity index (χ2n) is 33.2. The lowest BCUT2D eigenvalue weighted by Crippen LogP contribution is -2.05. The maximum atomic E-state index is 16.1. The molecule has 4 aliphatic carbocycles. The minimum Gasteiger partial charge on any atom is -0.237 e. The molecule has 0 radical (unpaired) electrons. The molecule has 122 heavy (non-hydrogen) atoms. The van der Waals surface area contributed by atoms with E-state index in [0.29, 0.717) is 39.4 Å². The normalized spacial score (nSPS) is 12.8. The number of rotatable bonds is 7. The van der Waals surface area contributed by atoms with E-state index in [0.717, 1.165) is 61.0 Å². The Balaban J connectivity index is 0.000000106. The van der Waals surface area contributed by atoms with Crippen molar-refractivity contribution >= 4 is 113 Å². The molecule has 0 amide bonds. The molecule has 22 aromatic carbocycles. The Labute approximate surface area is 704 Å². The van der Waals surface area contributed by atoms with Crippen molar-refractivity contribution < 1.29 is 8.78 Å². The van der Waals surface area contributed by atoms with Gasteiger partial charge in [0.2, 0.25) is 0 Å². The minimum atomic E-state index is -0.781. The summed E-state index contributed by atoms with van der Waals surface area (Å²) < 4.78 is 32.2. The number of nitrogens with zero attached hydrogens (tertiary/aromatic N) is 2. The summed E-state index contributed by atoms with van der Waals surface area (Å²) in [6, 6.07) is 133. The highest BCUT2D eigenvalue weighted by Gasteiger charge is 2.37. The summed E-state index contributed by atoms with van der Waals surface area (Å²) in [7, 11) is 0. The molecule has 22 aromatic rings. The second-order valence-corrected chi connectivity index (χ2v) is 33.2. The zero-order valence-electron chi connectivity index (χ0n) is 66.5. The molecule has 4 aliphatic rings. The Morgan fingerprint density at radius 1 is 0.246 bits per heavy atom. The van der Waals surface area contributed by atoms with Crippen LogP contribution in [-0.2, 0) is 0 Å². The van der Waals surface area contributed by atoms with Gasteiger partial charge >= 0.3 is 0 Å². The van der Waals surface area contributed by atoms with Gasteiger partial charge in [-0.15, -0.1) is 0 Å². The van der Waals surface area contributed by atoms with Gasteiger partial charge in [0.15, 0.2) is 17.3 Å². The first-order valence-corrected chi connectivity index (χ1v) is 42.4. The third-order valence-electron chi connectivity index (χ3n) is 26.9. The highest BCUT2D eigenvalue weighted by molar-refractivity contribution is 6.33. The van der Waals surface area contributed by atoms with E-state index in [1.165, 1.54) is 196 Å². The first-order chi connectivity index (χ1) is 60.3. The van der Waals surface area contributed by atoms with Gasteiger partial charge < -0.3 is 0 Å². The van der Waals surface area contributed by atoms with Gasteiger partial charge in [-0.2, -0.15) is 5.26 Å².